The lowest BCUT2D eigenvalue weighted by atomic mass is 10.0. The average molecular weight is 633 g/mol. The smallest absolute Gasteiger partial charge is 0.480 e. The number of thiazole rings is 1. The number of nitrogens with one attached hydrogen (secondary N) is 2. The van der Waals surface area contributed by atoms with E-state index < -0.39 is 47.6 Å². The van der Waals surface area contributed by atoms with Crippen molar-refractivity contribution in [1.29, 1.82) is 0 Å². The summed E-state index contributed by atoms with van der Waals surface area (Å²) in [6.45, 7) is 1.65. The van der Waals surface area contributed by atoms with Gasteiger partial charge >= 0.3 is 24.3 Å². The van der Waals surface area contributed by atoms with Gasteiger partial charge in [0.2, 0.25) is 0 Å². The van der Waals surface area contributed by atoms with Crippen LogP contribution in [0.25, 0.3) is 21.5 Å². The molecule has 0 saturated carbocycles. The summed E-state index contributed by atoms with van der Waals surface area (Å²) in [5.41, 5.74) is 0.690. The van der Waals surface area contributed by atoms with Crippen LogP contribution in [0.5, 0.6) is 0 Å². The number of hydrogen-bond acceptors (Lipinski definition) is 7. The number of aliphatic carboxylic acids is 2. The molecule has 4 rings (SSSR count). The van der Waals surface area contributed by atoms with Crippen LogP contribution in [-0.4, -0.2) is 50.2 Å². The molecule has 1 amide bonds. The van der Waals surface area contributed by atoms with Gasteiger partial charge in [-0.15, -0.1) is 0 Å². The van der Waals surface area contributed by atoms with Crippen LogP contribution in [0.3, 0.4) is 0 Å². The number of halogens is 7. The predicted octanol–water partition coefficient (Wildman–Crippen LogP) is 6.49. The van der Waals surface area contributed by atoms with E-state index in [-0.39, 0.29) is 33.2 Å². The van der Waals surface area contributed by atoms with Gasteiger partial charge in [0.15, 0.2) is 10.8 Å². The Morgan fingerprint density at radius 3 is 2.07 bits per heavy atom. The normalized spacial score (nSPS) is 12.2. The number of benzene rings is 2. The number of nitrogens with zero attached hydrogens (tertiary/aromatic N) is 2. The first-order chi connectivity index (χ1) is 20.0. The molecule has 1 atom stereocenters. The Morgan fingerprint density at radius 1 is 0.953 bits per heavy atom. The Hall–Kier alpha value is -4.80. The zero-order valence-corrected chi connectivity index (χ0v) is 22.4. The molecule has 17 heteroatoms. The van der Waals surface area contributed by atoms with Crippen molar-refractivity contribution in [2.75, 3.05) is 5.32 Å². The van der Waals surface area contributed by atoms with E-state index in [2.05, 4.69) is 20.6 Å². The lowest BCUT2D eigenvalue weighted by molar-refractivity contribution is -0.192. The zero-order chi connectivity index (χ0) is 32.1. The Morgan fingerprint density at radius 2 is 1.56 bits per heavy atom. The van der Waals surface area contributed by atoms with Crippen LogP contribution < -0.4 is 10.6 Å². The molecular formula is C26H19F7N4O5S. The van der Waals surface area contributed by atoms with Gasteiger partial charge in [0.25, 0.3) is 5.91 Å². The monoisotopic (exact) mass is 632 g/mol. The molecule has 228 valence electrons. The van der Waals surface area contributed by atoms with Crippen molar-refractivity contribution in [3.8, 4) is 11.1 Å². The first-order valence-electron chi connectivity index (χ1n) is 11.8. The molecular weight excluding hydrogens is 613 g/mol. The second-order valence-electron chi connectivity index (χ2n) is 8.53. The number of pyridine rings is 1. The maximum Gasteiger partial charge on any atom is 0.490 e. The molecule has 2 aromatic carbocycles. The molecule has 0 bridgehead atoms. The summed E-state index contributed by atoms with van der Waals surface area (Å²) >= 11 is 0.917. The number of amides is 1. The molecule has 4 aromatic rings. The summed E-state index contributed by atoms with van der Waals surface area (Å²) in [6, 6.07) is 10.5. The number of hydrogen-bond donors (Lipinski definition) is 4. The Balaban J connectivity index is 0.000000646. The Labute approximate surface area is 241 Å². The van der Waals surface area contributed by atoms with Crippen LogP contribution in [0, 0.1) is 5.82 Å². The van der Waals surface area contributed by atoms with Crippen LogP contribution in [0.2, 0.25) is 0 Å². The lowest BCUT2D eigenvalue weighted by Crippen LogP contribution is -2.40. The van der Waals surface area contributed by atoms with Crippen LogP contribution in [0.1, 0.15) is 29.3 Å². The number of carbonyl (C=O) groups excluding carboxylic acids is 1. The second-order valence-corrected chi connectivity index (χ2v) is 9.57. The van der Waals surface area contributed by atoms with E-state index in [0.717, 1.165) is 17.4 Å². The molecule has 4 N–H and O–H groups in total. The third-order valence-electron chi connectivity index (χ3n) is 5.52. The number of aromatic nitrogens is 2. The number of rotatable bonds is 7. The lowest BCUT2D eigenvalue weighted by Gasteiger charge is -2.12. The highest BCUT2D eigenvalue weighted by Crippen LogP contribution is 2.34. The summed E-state index contributed by atoms with van der Waals surface area (Å²) in [5, 5.41) is 21.6. The highest BCUT2D eigenvalue weighted by Gasteiger charge is 2.38. The summed E-state index contributed by atoms with van der Waals surface area (Å²) in [4.78, 5) is 40.1. The molecule has 0 aliphatic carbocycles. The number of alkyl halides is 6. The Bertz CT molecular complexity index is 1640. The minimum absolute atomic E-state index is 0.0733. The van der Waals surface area contributed by atoms with Crippen molar-refractivity contribution in [2.24, 2.45) is 0 Å². The molecule has 43 heavy (non-hydrogen) atoms. The van der Waals surface area contributed by atoms with Crippen LogP contribution in [0.4, 0.5) is 41.6 Å². The van der Waals surface area contributed by atoms with Crippen molar-refractivity contribution in [3.05, 3.63) is 71.7 Å². The highest BCUT2D eigenvalue weighted by molar-refractivity contribution is 7.22. The van der Waals surface area contributed by atoms with Crippen LogP contribution in [-0.2, 0) is 15.8 Å². The van der Waals surface area contributed by atoms with Gasteiger partial charge in [-0.3, -0.25) is 4.79 Å². The quantitative estimate of drug-likeness (QED) is 0.170. The number of fused-ring (bicyclic) bond motifs is 1. The number of carboxylic acids is 2. The van der Waals surface area contributed by atoms with Crippen molar-refractivity contribution in [2.45, 2.75) is 31.7 Å². The minimum Gasteiger partial charge on any atom is -0.480 e. The van der Waals surface area contributed by atoms with Gasteiger partial charge in [-0.05, 0) is 47.9 Å². The topological polar surface area (TPSA) is 142 Å². The second kappa shape index (κ2) is 13.0. The standard InChI is InChI=1S/C24H18F4N4O3S.C2HF3O2/c1-2-17(22(34)35)30-21(33)13-5-3-12(4-6-13)14-7-8-18(16(25)9-14)31-23-32-20-19(36-23)10-15(11-29-20)24(26,27)28;3-2(4,5)1(6)7/h3-11,17H,2H2,1H3,(H,30,33)(H,34,35)(H,29,31,32);(H,6,7)/t17-;/m0./s1. The van der Waals surface area contributed by atoms with Crippen molar-refractivity contribution in [1.82, 2.24) is 15.3 Å². The highest BCUT2D eigenvalue weighted by atomic mass is 32.1. The van der Waals surface area contributed by atoms with Crippen molar-refractivity contribution >= 4 is 50.3 Å². The molecule has 0 aliphatic heterocycles. The van der Waals surface area contributed by atoms with Gasteiger partial charge in [-0.25, -0.2) is 19.0 Å². The van der Waals surface area contributed by atoms with Gasteiger partial charge in [0.05, 0.1) is 16.0 Å². The summed E-state index contributed by atoms with van der Waals surface area (Å²) in [6.07, 6.45) is -8.68. The van der Waals surface area contributed by atoms with Gasteiger partial charge < -0.3 is 20.8 Å². The molecule has 9 nitrogen and oxygen atoms in total. The average Bonchev–Trinajstić information content (AvgIpc) is 3.33. The number of anilines is 2. The van der Waals surface area contributed by atoms with E-state index in [0.29, 0.717) is 17.3 Å². The first kappa shape index (κ1) is 32.7. The van der Waals surface area contributed by atoms with Crippen molar-refractivity contribution in [3.63, 3.8) is 0 Å². The fourth-order valence-electron chi connectivity index (χ4n) is 3.33. The molecule has 0 radical (unpaired) electrons. The molecule has 0 aliphatic rings. The van der Waals surface area contributed by atoms with Crippen LogP contribution in [0.15, 0.2) is 54.7 Å². The number of carboxylic acid groups (broad SMARTS) is 2. The fraction of sp³-hybridized carbons (Fsp3) is 0.192. The Kier molecular flexibility index (Phi) is 9.90. The molecule has 0 spiro atoms. The SMILES string of the molecule is CC[C@H](NC(=O)c1ccc(-c2ccc(Nc3nc4ncc(C(F)(F)F)cc4s3)c(F)c2)cc1)C(=O)O.O=C(O)C(F)(F)F. The maximum absolute atomic E-state index is 14.8. The largest absolute Gasteiger partial charge is 0.490 e. The first-order valence-corrected chi connectivity index (χ1v) is 12.7. The van der Waals surface area contributed by atoms with E-state index >= 15 is 0 Å². The molecule has 0 saturated heterocycles. The van der Waals surface area contributed by atoms with E-state index in [1.165, 1.54) is 24.3 Å². The van der Waals surface area contributed by atoms with E-state index in [1.807, 2.05) is 0 Å². The minimum atomic E-state index is -5.08. The third kappa shape index (κ3) is 8.60. The summed E-state index contributed by atoms with van der Waals surface area (Å²) in [7, 11) is 0. The number of carbonyl (C=O) groups is 3. The van der Waals surface area contributed by atoms with Gasteiger partial charge in [0.1, 0.15) is 11.9 Å². The molecule has 2 aromatic heterocycles. The van der Waals surface area contributed by atoms with E-state index in [1.54, 1.807) is 25.1 Å². The third-order valence-corrected chi connectivity index (χ3v) is 6.43. The molecule has 0 fully saturated rings. The zero-order valence-electron chi connectivity index (χ0n) is 21.5. The van der Waals surface area contributed by atoms with Gasteiger partial charge in [-0.1, -0.05) is 36.5 Å². The molecule has 2 heterocycles. The van der Waals surface area contributed by atoms with E-state index in [4.69, 9.17) is 15.0 Å². The fourth-order valence-corrected chi connectivity index (χ4v) is 4.21. The van der Waals surface area contributed by atoms with Gasteiger partial charge in [0, 0.05) is 11.8 Å². The molecule has 0 unspecified atom stereocenters. The van der Waals surface area contributed by atoms with Gasteiger partial charge in [-0.2, -0.15) is 31.3 Å². The van der Waals surface area contributed by atoms with E-state index in [9.17, 15) is 40.3 Å². The maximum atomic E-state index is 14.8. The summed E-state index contributed by atoms with van der Waals surface area (Å²) < 4.78 is 85.4. The van der Waals surface area contributed by atoms with Crippen molar-refractivity contribution < 1.29 is 55.3 Å². The van der Waals surface area contributed by atoms with Crippen LogP contribution >= 0.6 is 11.3 Å². The predicted molar refractivity (Wildman–Crippen MR) is 140 cm³/mol. The summed E-state index contributed by atoms with van der Waals surface area (Å²) in [5.74, 6) is -5.04.